The van der Waals surface area contributed by atoms with Crippen molar-refractivity contribution in [2.75, 3.05) is 13.7 Å². The zero-order valence-electron chi connectivity index (χ0n) is 20.8. The van der Waals surface area contributed by atoms with E-state index < -0.39 is 24.3 Å². The number of ketones is 1. The van der Waals surface area contributed by atoms with Crippen molar-refractivity contribution in [1.29, 1.82) is 0 Å². The Labute approximate surface area is 222 Å². The lowest BCUT2D eigenvalue weighted by atomic mass is 9.88. The Balaban J connectivity index is 1.92. The van der Waals surface area contributed by atoms with Gasteiger partial charge in [0.2, 0.25) is 0 Å². The van der Waals surface area contributed by atoms with Crippen molar-refractivity contribution in [1.82, 2.24) is 8.75 Å². The normalized spacial score (nSPS) is 11.7. The van der Waals surface area contributed by atoms with Crippen molar-refractivity contribution in [3.05, 3.63) is 88.0 Å². The Morgan fingerprint density at radius 1 is 0.868 bits per heavy atom. The number of aliphatic carboxylic acids is 2. The number of hydrogen-bond donors (Lipinski definition) is 2. The molecule has 1 aromatic heterocycles. The van der Waals surface area contributed by atoms with Gasteiger partial charge in [0, 0.05) is 23.6 Å². The van der Waals surface area contributed by atoms with Crippen LogP contribution in [-0.4, -0.2) is 50.4 Å². The van der Waals surface area contributed by atoms with Crippen LogP contribution >= 0.6 is 11.7 Å². The number of methoxy groups -OCH3 is 1. The number of allylic oxidation sites excluding steroid dienone is 1. The summed E-state index contributed by atoms with van der Waals surface area (Å²) < 4.78 is 19.1. The molecule has 4 rings (SSSR count). The second-order valence-corrected chi connectivity index (χ2v) is 9.12. The first kappa shape index (κ1) is 26.5. The van der Waals surface area contributed by atoms with Crippen LogP contribution in [0.3, 0.4) is 0 Å². The standard InChI is InChI=1S/C28H24N2O7S/c1-15-4-5-19(10-16(15)2)27(33)21(11-17-6-8-20(36-3)13-24(17)37-14-25(31)32)26(28(34)35)18-7-9-22-23(12-18)30-38-29-22/h4-10,12-13H,11,14H2,1-3H3,(H,31,32)(H,34,35). The van der Waals surface area contributed by atoms with Gasteiger partial charge in [-0.15, -0.1) is 0 Å². The molecule has 10 heteroatoms. The van der Waals surface area contributed by atoms with Crippen LogP contribution in [-0.2, 0) is 16.0 Å². The highest BCUT2D eigenvalue weighted by Gasteiger charge is 2.26. The third-order valence-corrected chi connectivity index (χ3v) is 6.65. The van der Waals surface area contributed by atoms with E-state index >= 15 is 0 Å². The molecule has 3 aromatic carbocycles. The molecule has 0 radical (unpaired) electrons. The molecule has 0 saturated heterocycles. The first-order valence-corrected chi connectivity index (χ1v) is 12.2. The zero-order chi connectivity index (χ0) is 27.4. The molecule has 2 N–H and O–H groups in total. The fraction of sp³-hybridized carbons (Fsp3) is 0.179. The largest absolute Gasteiger partial charge is 0.497 e. The topological polar surface area (TPSA) is 136 Å². The van der Waals surface area contributed by atoms with Gasteiger partial charge in [-0.3, -0.25) is 4.79 Å². The van der Waals surface area contributed by atoms with Gasteiger partial charge in [-0.1, -0.05) is 24.3 Å². The maximum absolute atomic E-state index is 13.9. The van der Waals surface area contributed by atoms with Gasteiger partial charge < -0.3 is 19.7 Å². The van der Waals surface area contributed by atoms with Gasteiger partial charge in [0.15, 0.2) is 12.4 Å². The summed E-state index contributed by atoms with van der Waals surface area (Å²) in [7, 11) is 1.45. The number of hydrogen-bond acceptors (Lipinski definition) is 8. The first-order chi connectivity index (χ1) is 18.2. The van der Waals surface area contributed by atoms with Crippen molar-refractivity contribution in [3.8, 4) is 11.5 Å². The number of carboxylic acid groups (broad SMARTS) is 2. The zero-order valence-corrected chi connectivity index (χ0v) is 21.7. The predicted molar refractivity (Wildman–Crippen MR) is 142 cm³/mol. The van der Waals surface area contributed by atoms with E-state index in [0.717, 1.165) is 22.9 Å². The summed E-state index contributed by atoms with van der Waals surface area (Å²) in [5.74, 6) is -2.36. The van der Waals surface area contributed by atoms with Crippen molar-refractivity contribution in [3.63, 3.8) is 0 Å². The molecule has 38 heavy (non-hydrogen) atoms. The van der Waals surface area contributed by atoms with Crippen molar-refractivity contribution >= 4 is 46.1 Å². The van der Waals surface area contributed by atoms with Crippen LogP contribution in [0.15, 0.2) is 60.2 Å². The van der Waals surface area contributed by atoms with Gasteiger partial charge >= 0.3 is 11.9 Å². The summed E-state index contributed by atoms with van der Waals surface area (Å²) in [6.45, 7) is 3.17. The lowest BCUT2D eigenvalue weighted by Crippen LogP contribution is -2.16. The van der Waals surface area contributed by atoms with Crippen LogP contribution in [0.1, 0.15) is 32.6 Å². The molecule has 0 amide bonds. The number of rotatable bonds is 10. The molecule has 4 aromatic rings. The smallest absolute Gasteiger partial charge is 0.341 e. The molecule has 194 valence electrons. The third-order valence-electron chi connectivity index (χ3n) is 6.09. The predicted octanol–water partition coefficient (Wildman–Crippen LogP) is 4.74. The second kappa shape index (κ2) is 11.2. The highest BCUT2D eigenvalue weighted by molar-refractivity contribution is 7.00. The Kier molecular flexibility index (Phi) is 7.82. The number of Topliss-reactive ketones (excluding diaryl/α,β-unsaturated/α-hetero) is 1. The number of carbonyl (C=O) groups is 3. The Hall–Kier alpha value is -4.57. The van der Waals surface area contributed by atoms with Crippen LogP contribution in [0, 0.1) is 13.8 Å². The molecule has 0 atom stereocenters. The summed E-state index contributed by atoms with van der Waals surface area (Å²) >= 11 is 1.01. The summed E-state index contributed by atoms with van der Waals surface area (Å²) in [5.41, 5.74) is 3.88. The minimum Gasteiger partial charge on any atom is -0.497 e. The average molecular weight is 533 g/mol. The lowest BCUT2D eigenvalue weighted by Gasteiger charge is -2.16. The summed E-state index contributed by atoms with van der Waals surface area (Å²) in [6.07, 6.45) is -0.139. The number of ether oxygens (including phenoxy) is 2. The van der Waals surface area contributed by atoms with E-state index in [1.165, 1.54) is 13.2 Å². The van der Waals surface area contributed by atoms with Crippen molar-refractivity contribution in [2.45, 2.75) is 20.3 Å². The highest BCUT2D eigenvalue weighted by Crippen LogP contribution is 2.32. The third kappa shape index (κ3) is 5.70. The Morgan fingerprint density at radius 2 is 1.61 bits per heavy atom. The van der Waals surface area contributed by atoms with E-state index in [1.54, 1.807) is 42.5 Å². The van der Waals surface area contributed by atoms with Crippen LogP contribution in [0.2, 0.25) is 0 Å². The van der Waals surface area contributed by atoms with Gasteiger partial charge in [-0.05, 0) is 60.4 Å². The van der Waals surface area contributed by atoms with Crippen LogP contribution < -0.4 is 9.47 Å². The summed E-state index contributed by atoms with van der Waals surface area (Å²) in [6, 6.07) is 14.8. The Morgan fingerprint density at radius 3 is 2.29 bits per heavy atom. The number of benzene rings is 3. The second-order valence-electron chi connectivity index (χ2n) is 8.59. The van der Waals surface area contributed by atoms with E-state index in [1.807, 2.05) is 19.9 Å². The maximum atomic E-state index is 13.9. The molecule has 0 spiro atoms. The SMILES string of the molecule is COc1ccc(CC(C(=O)c2ccc(C)c(C)c2)=C(C(=O)O)c2ccc3nsnc3c2)c(OCC(=O)O)c1. The number of fused-ring (bicyclic) bond motifs is 1. The van der Waals surface area contributed by atoms with Gasteiger partial charge in [0.25, 0.3) is 0 Å². The van der Waals surface area contributed by atoms with Crippen LogP contribution in [0.25, 0.3) is 16.6 Å². The van der Waals surface area contributed by atoms with Crippen molar-refractivity contribution < 1.29 is 34.1 Å². The summed E-state index contributed by atoms with van der Waals surface area (Å²) in [5, 5.41) is 19.5. The van der Waals surface area contributed by atoms with Crippen LogP contribution in [0.4, 0.5) is 0 Å². The van der Waals surface area contributed by atoms with Gasteiger partial charge in [-0.25, -0.2) is 9.59 Å². The molecule has 0 saturated carbocycles. The monoisotopic (exact) mass is 532 g/mol. The fourth-order valence-corrected chi connectivity index (χ4v) is 4.49. The molecule has 0 aliphatic heterocycles. The quantitative estimate of drug-likeness (QED) is 0.219. The Bertz CT molecular complexity index is 1590. The molecule has 0 aliphatic carbocycles. The number of carboxylic acids is 2. The van der Waals surface area contributed by atoms with Crippen molar-refractivity contribution in [2.24, 2.45) is 0 Å². The molecule has 0 fully saturated rings. The highest BCUT2D eigenvalue weighted by atomic mass is 32.1. The molecular formula is C28H24N2O7S. The molecule has 9 nitrogen and oxygen atoms in total. The fourth-order valence-electron chi connectivity index (χ4n) is 3.98. The molecule has 0 bridgehead atoms. The van der Waals surface area contributed by atoms with E-state index in [-0.39, 0.29) is 23.3 Å². The summed E-state index contributed by atoms with van der Waals surface area (Å²) in [4.78, 5) is 37.8. The molecular weight excluding hydrogens is 508 g/mol. The number of aryl methyl sites for hydroxylation is 2. The minimum atomic E-state index is -1.29. The molecule has 1 heterocycles. The van der Waals surface area contributed by atoms with E-state index in [2.05, 4.69) is 8.75 Å². The number of nitrogens with zero attached hydrogens (tertiary/aromatic N) is 2. The molecule has 0 unspecified atom stereocenters. The average Bonchev–Trinajstić information content (AvgIpc) is 3.36. The lowest BCUT2D eigenvalue weighted by molar-refractivity contribution is -0.139. The van der Waals surface area contributed by atoms with E-state index in [0.29, 0.717) is 33.5 Å². The van der Waals surface area contributed by atoms with E-state index in [4.69, 9.17) is 14.6 Å². The van der Waals surface area contributed by atoms with E-state index in [9.17, 15) is 19.5 Å². The number of aromatic nitrogens is 2. The first-order valence-electron chi connectivity index (χ1n) is 11.5. The van der Waals surface area contributed by atoms with Gasteiger partial charge in [-0.2, -0.15) is 8.75 Å². The van der Waals surface area contributed by atoms with Crippen LogP contribution in [0.5, 0.6) is 11.5 Å². The van der Waals surface area contributed by atoms with Gasteiger partial charge in [0.1, 0.15) is 22.5 Å². The molecule has 0 aliphatic rings. The maximum Gasteiger partial charge on any atom is 0.341 e. The van der Waals surface area contributed by atoms with Gasteiger partial charge in [0.05, 0.1) is 24.4 Å². The number of carbonyl (C=O) groups excluding carboxylic acids is 1. The minimum absolute atomic E-state index is 0.00799.